The molecule has 110 valence electrons. The fraction of sp³-hybridized carbons (Fsp3) is 0. The van der Waals surface area contributed by atoms with Crippen molar-refractivity contribution in [3.63, 3.8) is 0 Å². The molecule has 0 radical (unpaired) electrons. The molecule has 0 bridgehead atoms. The molecule has 1 amide bonds. The monoisotopic (exact) mass is 313 g/mol. The number of aromatic hydroxyl groups is 1. The lowest BCUT2D eigenvalue weighted by molar-refractivity contribution is 0.102. The normalized spacial score (nSPS) is 10.4. The molecule has 5 nitrogen and oxygen atoms in total. The number of phenolic OH excluding ortho intramolecular Hbond substituents is 1. The lowest BCUT2D eigenvalue weighted by Crippen LogP contribution is -2.13. The molecule has 0 fully saturated rings. The molecule has 2 aromatic carbocycles. The van der Waals surface area contributed by atoms with Gasteiger partial charge >= 0.3 is 0 Å². The van der Waals surface area contributed by atoms with Crippen LogP contribution >= 0.6 is 11.6 Å². The molecule has 0 saturated heterocycles. The van der Waals surface area contributed by atoms with Crippen LogP contribution in [-0.2, 0) is 0 Å². The maximum Gasteiger partial charge on any atom is 0.262 e. The number of benzene rings is 2. The molecule has 3 aromatic rings. The molecule has 0 aliphatic heterocycles. The van der Waals surface area contributed by atoms with Crippen molar-refractivity contribution < 1.29 is 9.90 Å². The fourth-order valence-corrected chi connectivity index (χ4v) is 2.32. The Kier molecular flexibility index (Phi) is 3.80. The highest BCUT2D eigenvalue weighted by molar-refractivity contribution is 6.34. The first kappa shape index (κ1) is 14.2. The van der Waals surface area contributed by atoms with E-state index < -0.39 is 5.91 Å². The largest absolute Gasteiger partial charge is 0.507 e. The van der Waals surface area contributed by atoms with Crippen LogP contribution in [0.15, 0.2) is 54.6 Å². The average molecular weight is 314 g/mol. The first-order chi connectivity index (χ1) is 10.6. The van der Waals surface area contributed by atoms with Crippen molar-refractivity contribution in [2.24, 2.45) is 0 Å². The molecule has 0 aliphatic carbocycles. The number of aromatic amines is 1. The van der Waals surface area contributed by atoms with Crippen LogP contribution in [0.2, 0.25) is 5.02 Å². The third-order valence-corrected chi connectivity index (χ3v) is 3.44. The third kappa shape index (κ3) is 2.80. The van der Waals surface area contributed by atoms with Gasteiger partial charge in [0.25, 0.3) is 5.91 Å². The minimum Gasteiger partial charge on any atom is -0.507 e. The quantitative estimate of drug-likeness (QED) is 0.690. The average Bonchev–Trinajstić information content (AvgIpc) is 2.96. The maximum atomic E-state index is 12.2. The molecule has 0 spiro atoms. The standard InChI is InChI=1S/C16H12ClN3O2/c17-11-7-4-8-13(21)15(11)16(22)18-14-9-12(19-20-14)10-5-2-1-3-6-10/h1-9,21H,(H2,18,19,20,22). The van der Waals surface area contributed by atoms with Crippen LogP contribution in [0.1, 0.15) is 10.4 Å². The van der Waals surface area contributed by atoms with Gasteiger partial charge in [-0.15, -0.1) is 0 Å². The van der Waals surface area contributed by atoms with Crippen LogP contribution in [-0.4, -0.2) is 21.2 Å². The van der Waals surface area contributed by atoms with Gasteiger partial charge in [0.1, 0.15) is 11.3 Å². The number of anilines is 1. The van der Waals surface area contributed by atoms with Crippen molar-refractivity contribution in [3.05, 3.63) is 65.2 Å². The summed E-state index contributed by atoms with van der Waals surface area (Å²) in [6.45, 7) is 0. The second-order valence-electron chi connectivity index (χ2n) is 4.62. The summed E-state index contributed by atoms with van der Waals surface area (Å²) in [4.78, 5) is 12.2. The first-order valence-electron chi connectivity index (χ1n) is 6.55. The molecule has 1 heterocycles. The molecule has 3 N–H and O–H groups in total. The highest BCUT2D eigenvalue weighted by Crippen LogP contribution is 2.26. The van der Waals surface area contributed by atoms with Gasteiger partial charge in [-0.2, -0.15) is 5.10 Å². The SMILES string of the molecule is O=C(Nc1cc(-c2ccccc2)[nH]n1)c1c(O)cccc1Cl. The lowest BCUT2D eigenvalue weighted by Gasteiger charge is -2.05. The van der Waals surface area contributed by atoms with E-state index in [0.29, 0.717) is 5.82 Å². The minimum absolute atomic E-state index is 0.0217. The lowest BCUT2D eigenvalue weighted by atomic mass is 10.1. The number of carbonyl (C=O) groups is 1. The molecule has 6 heteroatoms. The number of hydrogen-bond donors (Lipinski definition) is 3. The van der Waals surface area contributed by atoms with Crippen LogP contribution in [0.3, 0.4) is 0 Å². The van der Waals surface area contributed by atoms with Gasteiger partial charge in [0, 0.05) is 6.07 Å². The molecule has 0 unspecified atom stereocenters. The van der Waals surface area contributed by atoms with Crippen molar-refractivity contribution in [2.45, 2.75) is 0 Å². The van der Waals surface area contributed by atoms with Gasteiger partial charge in [0.15, 0.2) is 5.82 Å². The Morgan fingerprint density at radius 3 is 2.64 bits per heavy atom. The second-order valence-corrected chi connectivity index (χ2v) is 5.03. The minimum atomic E-state index is -0.519. The van der Waals surface area contributed by atoms with Gasteiger partial charge in [-0.1, -0.05) is 48.0 Å². The van der Waals surface area contributed by atoms with Crippen LogP contribution in [0.25, 0.3) is 11.3 Å². The van der Waals surface area contributed by atoms with E-state index in [1.54, 1.807) is 12.1 Å². The van der Waals surface area contributed by atoms with Crippen LogP contribution in [0.5, 0.6) is 5.75 Å². The highest BCUT2D eigenvalue weighted by Gasteiger charge is 2.16. The molecule has 22 heavy (non-hydrogen) atoms. The summed E-state index contributed by atoms with van der Waals surface area (Å²) in [5.74, 6) is -0.346. The summed E-state index contributed by atoms with van der Waals surface area (Å²) in [7, 11) is 0. The number of amides is 1. The summed E-state index contributed by atoms with van der Waals surface area (Å²) in [5.41, 5.74) is 1.75. The van der Waals surface area contributed by atoms with E-state index in [0.717, 1.165) is 11.3 Å². The summed E-state index contributed by atoms with van der Waals surface area (Å²) >= 11 is 5.94. The number of H-pyrrole nitrogens is 1. The van der Waals surface area contributed by atoms with E-state index in [4.69, 9.17) is 11.6 Å². The zero-order chi connectivity index (χ0) is 15.5. The van der Waals surface area contributed by atoms with Gasteiger partial charge in [-0.05, 0) is 17.7 Å². The number of halogens is 1. The van der Waals surface area contributed by atoms with Crippen molar-refractivity contribution in [1.29, 1.82) is 0 Å². The van der Waals surface area contributed by atoms with E-state index in [1.165, 1.54) is 12.1 Å². The van der Waals surface area contributed by atoms with Gasteiger partial charge in [-0.3, -0.25) is 9.89 Å². The number of nitrogens with zero attached hydrogens (tertiary/aromatic N) is 1. The third-order valence-electron chi connectivity index (χ3n) is 3.12. The predicted molar refractivity (Wildman–Crippen MR) is 85.1 cm³/mol. The van der Waals surface area contributed by atoms with Crippen LogP contribution in [0, 0.1) is 0 Å². The molecule has 0 aliphatic rings. The van der Waals surface area contributed by atoms with Crippen LogP contribution < -0.4 is 5.32 Å². The van der Waals surface area contributed by atoms with Crippen LogP contribution in [0.4, 0.5) is 5.82 Å². The van der Waals surface area contributed by atoms with Crippen molar-refractivity contribution in [1.82, 2.24) is 10.2 Å². The first-order valence-corrected chi connectivity index (χ1v) is 6.92. The van der Waals surface area contributed by atoms with Crippen molar-refractivity contribution in [3.8, 4) is 17.0 Å². The molecule has 0 atom stereocenters. The Labute approximate surface area is 131 Å². The van der Waals surface area contributed by atoms with E-state index >= 15 is 0 Å². The van der Waals surface area contributed by atoms with Gasteiger partial charge in [-0.25, -0.2) is 0 Å². The molecular weight excluding hydrogens is 302 g/mol. The van der Waals surface area contributed by atoms with E-state index in [2.05, 4.69) is 15.5 Å². The number of nitrogens with one attached hydrogen (secondary N) is 2. The Balaban J connectivity index is 1.82. The van der Waals surface area contributed by atoms with Gasteiger partial charge < -0.3 is 10.4 Å². The molecule has 1 aromatic heterocycles. The highest BCUT2D eigenvalue weighted by atomic mass is 35.5. The molecule has 0 saturated carbocycles. The van der Waals surface area contributed by atoms with E-state index in [-0.39, 0.29) is 16.3 Å². The van der Waals surface area contributed by atoms with Crippen molar-refractivity contribution in [2.75, 3.05) is 5.32 Å². The summed E-state index contributed by atoms with van der Waals surface area (Å²) in [6, 6.07) is 15.8. The maximum absolute atomic E-state index is 12.2. The Bertz CT molecular complexity index is 795. The Morgan fingerprint density at radius 1 is 1.14 bits per heavy atom. The number of carbonyl (C=O) groups excluding carboxylic acids is 1. The zero-order valence-electron chi connectivity index (χ0n) is 11.4. The number of hydrogen-bond acceptors (Lipinski definition) is 3. The number of aromatic nitrogens is 2. The summed E-state index contributed by atoms with van der Waals surface area (Å²) < 4.78 is 0. The molecule has 3 rings (SSSR count). The van der Waals surface area contributed by atoms with Gasteiger partial charge in [0.05, 0.1) is 10.7 Å². The van der Waals surface area contributed by atoms with E-state index in [9.17, 15) is 9.90 Å². The molecular formula is C16H12ClN3O2. The Morgan fingerprint density at radius 2 is 1.91 bits per heavy atom. The van der Waals surface area contributed by atoms with Crippen molar-refractivity contribution >= 4 is 23.3 Å². The number of phenols is 1. The smallest absolute Gasteiger partial charge is 0.262 e. The number of rotatable bonds is 3. The van der Waals surface area contributed by atoms with E-state index in [1.807, 2.05) is 30.3 Å². The topological polar surface area (TPSA) is 78.0 Å². The Hall–Kier alpha value is -2.79. The second kappa shape index (κ2) is 5.91. The fourth-order valence-electron chi connectivity index (χ4n) is 2.07. The summed E-state index contributed by atoms with van der Waals surface area (Å²) in [5, 5.41) is 19.4. The predicted octanol–water partition coefficient (Wildman–Crippen LogP) is 3.69. The summed E-state index contributed by atoms with van der Waals surface area (Å²) in [6.07, 6.45) is 0. The van der Waals surface area contributed by atoms with Gasteiger partial charge in [0.2, 0.25) is 0 Å². The zero-order valence-corrected chi connectivity index (χ0v) is 12.1.